The summed E-state index contributed by atoms with van der Waals surface area (Å²) >= 11 is 13.1. The summed E-state index contributed by atoms with van der Waals surface area (Å²) in [4.78, 5) is 12.1. The van der Waals surface area contributed by atoms with E-state index in [-0.39, 0.29) is 17.9 Å². The second-order valence-electron chi connectivity index (χ2n) is 6.13. The van der Waals surface area contributed by atoms with Crippen LogP contribution in [0.5, 0.6) is 5.75 Å². The van der Waals surface area contributed by atoms with Crippen LogP contribution in [0.2, 0.25) is 10.0 Å². The van der Waals surface area contributed by atoms with E-state index in [9.17, 15) is 10.1 Å². The van der Waals surface area contributed by atoms with Gasteiger partial charge >= 0.3 is 0 Å². The van der Waals surface area contributed by atoms with Gasteiger partial charge in [0.1, 0.15) is 16.8 Å². The molecule has 0 aliphatic rings. The molecule has 0 atom stereocenters. The van der Waals surface area contributed by atoms with Gasteiger partial charge in [0.2, 0.25) is 0 Å². The number of nitrogens with one attached hydrogen (secondary N) is 1. The van der Waals surface area contributed by atoms with E-state index in [0.717, 1.165) is 5.56 Å². The first-order valence-electron chi connectivity index (χ1n) is 7.12. The lowest BCUT2D eigenvalue weighted by Crippen LogP contribution is -2.20. The number of hydrogen-bond acceptors (Lipinski definition) is 4. The van der Waals surface area contributed by atoms with Crippen LogP contribution in [0.1, 0.15) is 31.9 Å². The number of nitrogens with zero attached hydrogens (tertiary/aromatic N) is 1. The molecule has 0 saturated carbocycles. The molecule has 1 heterocycles. The Bertz CT molecular complexity index is 804. The predicted octanol–water partition coefficient (Wildman–Crippen LogP) is 5.24. The van der Waals surface area contributed by atoms with Crippen molar-refractivity contribution in [2.45, 2.75) is 26.2 Å². The van der Waals surface area contributed by atoms with Crippen molar-refractivity contribution in [3.8, 4) is 11.8 Å². The number of anilines is 1. The summed E-state index contributed by atoms with van der Waals surface area (Å²) in [5.41, 5.74) is 1.23. The molecule has 0 saturated heterocycles. The predicted molar refractivity (Wildman–Crippen MR) is 98.3 cm³/mol. The van der Waals surface area contributed by atoms with Crippen LogP contribution >= 0.6 is 34.5 Å². The van der Waals surface area contributed by atoms with Crippen LogP contribution in [-0.2, 0) is 10.2 Å². The lowest BCUT2D eigenvalue weighted by molar-refractivity contribution is -0.118. The fraction of sp³-hybridized carbons (Fsp3) is 0.294. The van der Waals surface area contributed by atoms with Crippen LogP contribution < -0.4 is 10.1 Å². The molecule has 0 aliphatic heterocycles. The standard InChI is InChI=1S/C17H16Cl2N2O2S/c1-17(2,3)12-9-24-16(11(12)7-20)21-15(22)8-23-14-5-4-10(18)6-13(14)19/h4-6,9H,8H2,1-3H3,(H,21,22). The number of nitriles is 1. The van der Waals surface area contributed by atoms with Gasteiger partial charge in [0.15, 0.2) is 6.61 Å². The van der Waals surface area contributed by atoms with Crippen molar-refractivity contribution in [2.75, 3.05) is 11.9 Å². The summed E-state index contributed by atoms with van der Waals surface area (Å²) in [7, 11) is 0. The molecule has 0 aliphatic carbocycles. The molecule has 126 valence electrons. The summed E-state index contributed by atoms with van der Waals surface area (Å²) in [5.74, 6) is 0.0121. The Labute approximate surface area is 155 Å². The SMILES string of the molecule is CC(C)(C)c1csc(NC(=O)COc2ccc(Cl)cc2Cl)c1C#N. The van der Waals surface area contributed by atoms with Gasteiger partial charge in [0.25, 0.3) is 5.91 Å². The third-order valence-electron chi connectivity index (χ3n) is 3.22. The van der Waals surface area contributed by atoms with E-state index in [1.54, 1.807) is 18.2 Å². The van der Waals surface area contributed by atoms with E-state index < -0.39 is 0 Å². The van der Waals surface area contributed by atoms with E-state index in [4.69, 9.17) is 27.9 Å². The topological polar surface area (TPSA) is 62.1 Å². The number of rotatable bonds is 4. The summed E-state index contributed by atoms with van der Waals surface area (Å²) in [5, 5.41) is 15.3. The number of amides is 1. The number of ether oxygens (including phenoxy) is 1. The Hall–Kier alpha value is -1.74. The summed E-state index contributed by atoms with van der Waals surface area (Å²) in [6.45, 7) is 5.85. The van der Waals surface area contributed by atoms with Crippen molar-refractivity contribution in [1.82, 2.24) is 0 Å². The summed E-state index contributed by atoms with van der Waals surface area (Å²) in [6, 6.07) is 6.93. The average Bonchev–Trinajstić information content (AvgIpc) is 2.89. The Morgan fingerprint density at radius 1 is 1.38 bits per heavy atom. The van der Waals surface area contributed by atoms with Crippen LogP contribution in [-0.4, -0.2) is 12.5 Å². The number of carbonyl (C=O) groups is 1. The monoisotopic (exact) mass is 382 g/mol. The molecule has 7 heteroatoms. The fourth-order valence-corrected chi connectivity index (χ4v) is 3.63. The molecule has 4 nitrogen and oxygen atoms in total. The number of thiophene rings is 1. The molecule has 1 aromatic carbocycles. The van der Waals surface area contributed by atoms with Gasteiger partial charge in [-0.25, -0.2) is 0 Å². The highest BCUT2D eigenvalue weighted by atomic mass is 35.5. The van der Waals surface area contributed by atoms with Gasteiger partial charge in [-0.1, -0.05) is 44.0 Å². The normalized spacial score (nSPS) is 11.0. The molecule has 2 rings (SSSR count). The number of carbonyl (C=O) groups excluding carboxylic acids is 1. The van der Waals surface area contributed by atoms with Crippen LogP contribution in [0, 0.1) is 11.3 Å². The summed E-state index contributed by atoms with van der Waals surface area (Å²) < 4.78 is 5.39. The Kier molecular flexibility index (Phi) is 5.76. The molecule has 0 unspecified atom stereocenters. The smallest absolute Gasteiger partial charge is 0.262 e. The zero-order chi connectivity index (χ0) is 17.9. The third kappa shape index (κ3) is 4.41. The van der Waals surface area contributed by atoms with Crippen LogP contribution in [0.15, 0.2) is 23.6 Å². The lowest BCUT2D eigenvalue weighted by atomic mass is 9.86. The maximum atomic E-state index is 12.1. The second-order valence-corrected chi connectivity index (χ2v) is 7.85. The van der Waals surface area contributed by atoms with E-state index in [0.29, 0.717) is 26.4 Å². The molecule has 0 radical (unpaired) electrons. The minimum absolute atomic E-state index is 0.169. The molecular formula is C17H16Cl2N2O2S. The van der Waals surface area contributed by atoms with Crippen molar-refractivity contribution in [2.24, 2.45) is 0 Å². The van der Waals surface area contributed by atoms with Crippen LogP contribution in [0.25, 0.3) is 0 Å². The van der Waals surface area contributed by atoms with E-state index in [1.165, 1.54) is 11.3 Å². The maximum Gasteiger partial charge on any atom is 0.262 e. The highest BCUT2D eigenvalue weighted by Crippen LogP contribution is 2.35. The Morgan fingerprint density at radius 2 is 2.08 bits per heavy atom. The fourth-order valence-electron chi connectivity index (χ4n) is 2.01. The first-order valence-corrected chi connectivity index (χ1v) is 8.75. The molecule has 1 N–H and O–H groups in total. The largest absolute Gasteiger partial charge is 0.482 e. The Morgan fingerprint density at radius 3 is 2.67 bits per heavy atom. The van der Waals surface area contributed by atoms with Gasteiger partial charge in [0, 0.05) is 5.02 Å². The first kappa shape index (κ1) is 18.6. The van der Waals surface area contributed by atoms with Gasteiger partial charge in [-0.15, -0.1) is 11.3 Å². The first-order chi connectivity index (χ1) is 11.2. The molecule has 2 aromatic rings. The molecular weight excluding hydrogens is 367 g/mol. The number of halogens is 2. The molecule has 24 heavy (non-hydrogen) atoms. The van der Waals surface area contributed by atoms with Crippen molar-refractivity contribution in [3.63, 3.8) is 0 Å². The van der Waals surface area contributed by atoms with Crippen molar-refractivity contribution >= 4 is 45.4 Å². The third-order valence-corrected chi connectivity index (χ3v) is 4.64. The Balaban J connectivity index is 2.05. The van der Waals surface area contributed by atoms with Crippen molar-refractivity contribution < 1.29 is 9.53 Å². The number of hydrogen-bond donors (Lipinski definition) is 1. The molecule has 1 amide bonds. The average molecular weight is 383 g/mol. The van der Waals surface area contributed by atoms with Crippen LogP contribution in [0.4, 0.5) is 5.00 Å². The highest BCUT2D eigenvalue weighted by molar-refractivity contribution is 7.14. The van der Waals surface area contributed by atoms with Gasteiger partial charge in [-0.05, 0) is 34.6 Å². The van der Waals surface area contributed by atoms with Crippen molar-refractivity contribution in [1.29, 1.82) is 5.26 Å². The quantitative estimate of drug-likeness (QED) is 0.785. The lowest BCUT2D eigenvalue weighted by Gasteiger charge is -2.17. The zero-order valence-corrected chi connectivity index (χ0v) is 15.8. The van der Waals surface area contributed by atoms with E-state index in [1.807, 2.05) is 26.2 Å². The van der Waals surface area contributed by atoms with Gasteiger partial charge < -0.3 is 10.1 Å². The molecule has 0 fully saturated rings. The van der Waals surface area contributed by atoms with Gasteiger partial charge in [-0.3, -0.25) is 4.79 Å². The van der Waals surface area contributed by atoms with E-state index in [2.05, 4.69) is 11.4 Å². The highest BCUT2D eigenvalue weighted by Gasteiger charge is 2.23. The zero-order valence-electron chi connectivity index (χ0n) is 13.4. The maximum absolute atomic E-state index is 12.1. The van der Waals surface area contributed by atoms with E-state index >= 15 is 0 Å². The number of benzene rings is 1. The minimum Gasteiger partial charge on any atom is -0.482 e. The minimum atomic E-state index is -0.361. The van der Waals surface area contributed by atoms with Crippen LogP contribution in [0.3, 0.4) is 0 Å². The molecule has 0 spiro atoms. The summed E-state index contributed by atoms with van der Waals surface area (Å²) in [6.07, 6.45) is 0. The second kappa shape index (κ2) is 7.43. The molecule has 1 aromatic heterocycles. The van der Waals surface area contributed by atoms with Gasteiger partial charge in [-0.2, -0.15) is 5.26 Å². The van der Waals surface area contributed by atoms with Crippen molar-refractivity contribution in [3.05, 3.63) is 44.8 Å². The molecule has 0 bridgehead atoms. The van der Waals surface area contributed by atoms with Gasteiger partial charge in [0.05, 0.1) is 10.6 Å².